The van der Waals surface area contributed by atoms with Gasteiger partial charge in [-0.05, 0) is 38.7 Å². The molecule has 0 heterocycles. The Morgan fingerprint density at radius 2 is 2.00 bits per heavy atom. The van der Waals surface area contributed by atoms with Crippen LogP contribution in [0, 0.1) is 0 Å². The molecule has 17 heavy (non-hydrogen) atoms. The van der Waals surface area contributed by atoms with Crippen molar-refractivity contribution in [3.05, 3.63) is 0 Å². The smallest absolute Gasteiger partial charge is 0.236 e. The van der Waals surface area contributed by atoms with Crippen molar-refractivity contribution in [1.82, 2.24) is 10.6 Å². The van der Waals surface area contributed by atoms with Gasteiger partial charge in [-0.3, -0.25) is 4.79 Å². The van der Waals surface area contributed by atoms with Crippen molar-refractivity contribution in [1.29, 1.82) is 0 Å². The SMILES string of the molecule is CCCCCNC(=O)C(C)NC(C)CCSC. The second-order valence-electron chi connectivity index (χ2n) is 4.57. The Labute approximate surface area is 111 Å². The fourth-order valence-corrected chi connectivity index (χ4v) is 2.21. The van der Waals surface area contributed by atoms with Crippen LogP contribution in [0.25, 0.3) is 0 Å². The number of unbranched alkanes of at least 4 members (excludes halogenated alkanes) is 2. The lowest BCUT2D eigenvalue weighted by Crippen LogP contribution is -2.46. The molecule has 0 aliphatic heterocycles. The zero-order valence-corrected chi connectivity index (χ0v) is 12.5. The van der Waals surface area contributed by atoms with Crippen molar-refractivity contribution in [2.24, 2.45) is 0 Å². The molecule has 0 spiro atoms. The molecule has 0 aliphatic carbocycles. The molecule has 0 fully saturated rings. The number of hydrogen-bond donors (Lipinski definition) is 2. The van der Waals surface area contributed by atoms with Crippen LogP contribution in [0.4, 0.5) is 0 Å². The van der Waals surface area contributed by atoms with Crippen molar-refractivity contribution >= 4 is 17.7 Å². The molecule has 0 bridgehead atoms. The summed E-state index contributed by atoms with van der Waals surface area (Å²) in [6.07, 6.45) is 6.67. The lowest BCUT2D eigenvalue weighted by molar-refractivity contribution is -0.122. The van der Waals surface area contributed by atoms with Crippen LogP contribution in [-0.2, 0) is 4.79 Å². The molecule has 0 aromatic heterocycles. The molecule has 4 heteroatoms. The van der Waals surface area contributed by atoms with Gasteiger partial charge in [0.25, 0.3) is 0 Å². The first-order valence-corrected chi connectivity index (χ1v) is 8.03. The van der Waals surface area contributed by atoms with Crippen LogP contribution in [0.3, 0.4) is 0 Å². The van der Waals surface area contributed by atoms with E-state index in [2.05, 4.69) is 30.7 Å². The predicted molar refractivity (Wildman–Crippen MR) is 77.6 cm³/mol. The standard InChI is InChI=1S/C13H28N2OS/c1-5-6-7-9-14-13(16)12(3)15-11(2)8-10-17-4/h11-12,15H,5-10H2,1-4H3,(H,14,16). The fraction of sp³-hybridized carbons (Fsp3) is 0.923. The van der Waals surface area contributed by atoms with E-state index in [4.69, 9.17) is 0 Å². The Bertz CT molecular complexity index is 200. The maximum Gasteiger partial charge on any atom is 0.236 e. The first-order chi connectivity index (χ1) is 8.11. The number of carbonyl (C=O) groups excluding carboxylic acids is 1. The summed E-state index contributed by atoms with van der Waals surface area (Å²) in [6, 6.07) is 0.312. The number of carbonyl (C=O) groups is 1. The van der Waals surface area contributed by atoms with Gasteiger partial charge in [-0.15, -0.1) is 0 Å². The number of hydrogen-bond acceptors (Lipinski definition) is 3. The third kappa shape index (κ3) is 9.48. The molecule has 2 atom stereocenters. The second kappa shape index (κ2) is 10.9. The predicted octanol–water partition coefficient (Wildman–Crippen LogP) is 2.41. The highest BCUT2D eigenvalue weighted by Gasteiger charge is 2.14. The minimum absolute atomic E-state index is 0.0894. The molecule has 0 aliphatic rings. The maximum atomic E-state index is 11.7. The molecule has 0 aromatic carbocycles. The van der Waals surface area contributed by atoms with Crippen molar-refractivity contribution in [2.45, 2.75) is 58.5 Å². The summed E-state index contributed by atoms with van der Waals surface area (Å²) in [7, 11) is 0. The van der Waals surface area contributed by atoms with E-state index in [9.17, 15) is 4.79 Å². The number of amides is 1. The highest BCUT2D eigenvalue weighted by molar-refractivity contribution is 7.98. The molecular formula is C13H28N2OS. The van der Waals surface area contributed by atoms with Crippen LogP contribution in [0.2, 0.25) is 0 Å². The van der Waals surface area contributed by atoms with Gasteiger partial charge in [0.15, 0.2) is 0 Å². The van der Waals surface area contributed by atoms with Crippen LogP contribution < -0.4 is 10.6 Å². The minimum Gasteiger partial charge on any atom is -0.355 e. The van der Waals surface area contributed by atoms with Crippen LogP contribution in [0.5, 0.6) is 0 Å². The molecule has 0 rings (SSSR count). The molecule has 3 nitrogen and oxygen atoms in total. The molecule has 2 N–H and O–H groups in total. The summed E-state index contributed by atoms with van der Waals surface area (Å²) in [6.45, 7) is 7.04. The van der Waals surface area contributed by atoms with E-state index in [1.54, 1.807) is 0 Å². The van der Waals surface area contributed by atoms with Gasteiger partial charge in [-0.2, -0.15) is 11.8 Å². The minimum atomic E-state index is -0.0894. The van der Waals surface area contributed by atoms with E-state index in [0.717, 1.165) is 25.1 Å². The van der Waals surface area contributed by atoms with Crippen LogP contribution in [0.15, 0.2) is 0 Å². The summed E-state index contributed by atoms with van der Waals surface area (Å²) in [5.74, 6) is 1.26. The molecule has 102 valence electrons. The lowest BCUT2D eigenvalue weighted by Gasteiger charge is -2.19. The monoisotopic (exact) mass is 260 g/mol. The first kappa shape index (κ1) is 16.8. The molecule has 0 saturated carbocycles. The quantitative estimate of drug-likeness (QED) is 0.593. The van der Waals surface area contributed by atoms with Gasteiger partial charge in [0.1, 0.15) is 0 Å². The largest absolute Gasteiger partial charge is 0.355 e. The maximum absolute atomic E-state index is 11.7. The molecule has 1 amide bonds. The van der Waals surface area contributed by atoms with E-state index in [-0.39, 0.29) is 11.9 Å². The Hall–Kier alpha value is -0.220. The van der Waals surface area contributed by atoms with E-state index in [1.807, 2.05) is 18.7 Å². The Kier molecular flexibility index (Phi) is 10.8. The van der Waals surface area contributed by atoms with Crippen LogP contribution >= 0.6 is 11.8 Å². The molecule has 0 aromatic rings. The van der Waals surface area contributed by atoms with Crippen molar-refractivity contribution < 1.29 is 4.79 Å². The molecule has 2 unspecified atom stereocenters. The van der Waals surface area contributed by atoms with E-state index in [1.165, 1.54) is 12.8 Å². The average Bonchev–Trinajstić information content (AvgIpc) is 2.31. The van der Waals surface area contributed by atoms with E-state index in [0.29, 0.717) is 6.04 Å². The van der Waals surface area contributed by atoms with E-state index < -0.39 is 0 Å². The zero-order chi connectivity index (χ0) is 13.1. The average molecular weight is 260 g/mol. The number of thioether (sulfide) groups is 1. The fourth-order valence-electron chi connectivity index (χ4n) is 1.62. The first-order valence-electron chi connectivity index (χ1n) is 6.64. The molecular weight excluding hydrogens is 232 g/mol. The Balaban J connectivity index is 3.65. The second-order valence-corrected chi connectivity index (χ2v) is 5.55. The summed E-state index contributed by atoms with van der Waals surface area (Å²) in [4.78, 5) is 11.7. The molecule has 0 saturated heterocycles. The normalized spacial score (nSPS) is 14.4. The van der Waals surface area contributed by atoms with Gasteiger partial charge in [0.2, 0.25) is 5.91 Å². The van der Waals surface area contributed by atoms with Gasteiger partial charge in [0, 0.05) is 12.6 Å². The van der Waals surface area contributed by atoms with E-state index >= 15 is 0 Å². The summed E-state index contributed by atoms with van der Waals surface area (Å²) < 4.78 is 0. The summed E-state index contributed by atoms with van der Waals surface area (Å²) in [5, 5.41) is 6.30. The van der Waals surface area contributed by atoms with Crippen LogP contribution in [-0.4, -0.2) is 36.5 Å². The van der Waals surface area contributed by atoms with Crippen molar-refractivity contribution in [2.75, 3.05) is 18.6 Å². The topological polar surface area (TPSA) is 41.1 Å². The third-order valence-electron chi connectivity index (χ3n) is 2.76. The van der Waals surface area contributed by atoms with Gasteiger partial charge >= 0.3 is 0 Å². The lowest BCUT2D eigenvalue weighted by atomic mass is 10.2. The van der Waals surface area contributed by atoms with Gasteiger partial charge in [-0.1, -0.05) is 19.8 Å². The number of rotatable bonds is 10. The van der Waals surface area contributed by atoms with Crippen molar-refractivity contribution in [3.63, 3.8) is 0 Å². The van der Waals surface area contributed by atoms with Crippen molar-refractivity contribution in [3.8, 4) is 0 Å². The van der Waals surface area contributed by atoms with Gasteiger partial charge in [0.05, 0.1) is 6.04 Å². The summed E-state index contributed by atoms with van der Waals surface area (Å²) >= 11 is 1.84. The van der Waals surface area contributed by atoms with Crippen LogP contribution in [0.1, 0.15) is 46.5 Å². The van der Waals surface area contributed by atoms with Gasteiger partial charge in [-0.25, -0.2) is 0 Å². The van der Waals surface area contributed by atoms with Gasteiger partial charge < -0.3 is 10.6 Å². The molecule has 0 radical (unpaired) electrons. The third-order valence-corrected chi connectivity index (χ3v) is 3.41. The number of nitrogens with one attached hydrogen (secondary N) is 2. The Morgan fingerprint density at radius 3 is 2.59 bits per heavy atom. The summed E-state index contributed by atoms with van der Waals surface area (Å²) in [5.41, 5.74) is 0. The zero-order valence-electron chi connectivity index (χ0n) is 11.7. The Morgan fingerprint density at radius 1 is 1.29 bits per heavy atom. The highest BCUT2D eigenvalue weighted by Crippen LogP contribution is 2.01. The highest BCUT2D eigenvalue weighted by atomic mass is 32.2.